The van der Waals surface area contributed by atoms with Crippen LogP contribution in [-0.2, 0) is 19.1 Å². The van der Waals surface area contributed by atoms with Gasteiger partial charge in [-0.2, -0.15) is 0 Å². The molecule has 2 aromatic carbocycles. The molecule has 5 heteroatoms. The van der Waals surface area contributed by atoms with Crippen LogP contribution in [-0.4, -0.2) is 36.9 Å². The summed E-state index contributed by atoms with van der Waals surface area (Å²) in [6.45, 7) is 2.03. The van der Waals surface area contributed by atoms with Gasteiger partial charge in [-0.05, 0) is 19.8 Å². The Bertz CT molecular complexity index is 782. The first-order valence-electron chi connectivity index (χ1n) is 9.05. The van der Waals surface area contributed by atoms with E-state index in [-0.39, 0.29) is 18.5 Å². The predicted octanol–water partition coefficient (Wildman–Crippen LogP) is 3.41. The van der Waals surface area contributed by atoms with E-state index in [1.807, 2.05) is 60.7 Å². The summed E-state index contributed by atoms with van der Waals surface area (Å²) in [5.74, 6) is -1.04. The number of nitrogens with zero attached hydrogens (tertiary/aromatic N) is 1. The van der Waals surface area contributed by atoms with Crippen molar-refractivity contribution in [3.05, 3.63) is 71.8 Å². The molecule has 1 aliphatic carbocycles. The molecule has 0 spiro atoms. The molecule has 2 aromatic rings. The van der Waals surface area contributed by atoms with E-state index in [2.05, 4.69) is 0 Å². The fourth-order valence-electron chi connectivity index (χ4n) is 3.36. The average molecular weight is 365 g/mol. The lowest BCUT2D eigenvalue weighted by atomic mass is 9.68. The minimum absolute atomic E-state index is 0.269. The Hall–Kier alpha value is -2.95. The van der Waals surface area contributed by atoms with Crippen LogP contribution in [0.5, 0.6) is 0 Å². The van der Waals surface area contributed by atoms with Crippen LogP contribution in [0, 0.1) is 5.92 Å². The number of esters is 2. The summed E-state index contributed by atoms with van der Waals surface area (Å²) in [7, 11) is 1.36. The zero-order chi connectivity index (χ0) is 19.3. The van der Waals surface area contributed by atoms with Crippen LogP contribution in [0.4, 0.5) is 0 Å². The zero-order valence-corrected chi connectivity index (χ0v) is 15.6. The molecule has 140 valence electrons. The molecular weight excluding hydrogens is 342 g/mol. The topological polar surface area (TPSA) is 65.0 Å². The molecule has 0 atom stereocenters. The largest absolute Gasteiger partial charge is 0.469 e. The van der Waals surface area contributed by atoms with Gasteiger partial charge in [-0.1, -0.05) is 60.7 Å². The van der Waals surface area contributed by atoms with Crippen molar-refractivity contribution in [2.45, 2.75) is 25.3 Å². The molecule has 0 amide bonds. The average Bonchev–Trinajstić information content (AvgIpc) is 2.68. The van der Waals surface area contributed by atoms with Gasteiger partial charge >= 0.3 is 11.9 Å². The van der Waals surface area contributed by atoms with Crippen molar-refractivity contribution in [1.29, 1.82) is 0 Å². The van der Waals surface area contributed by atoms with Crippen molar-refractivity contribution in [3.63, 3.8) is 0 Å². The molecule has 1 aliphatic rings. The molecule has 1 saturated carbocycles. The lowest BCUT2D eigenvalue weighted by Gasteiger charge is -2.41. The molecule has 0 heterocycles. The monoisotopic (exact) mass is 365 g/mol. The summed E-state index contributed by atoms with van der Waals surface area (Å²) in [5.41, 5.74) is 1.48. The highest BCUT2D eigenvalue weighted by Crippen LogP contribution is 2.43. The Balaban J connectivity index is 2.04. The molecule has 1 fully saturated rings. The third kappa shape index (κ3) is 3.92. The Morgan fingerprint density at radius 3 is 1.96 bits per heavy atom. The summed E-state index contributed by atoms with van der Waals surface area (Å²) in [5, 5.41) is 0. The van der Waals surface area contributed by atoms with Gasteiger partial charge in [-0.3, -0.25) is 9.79 Å². The van der Waals surface area contributed by atoms with E-state index in [1.165, 1.54) is 7.11 Å². The van der Waals surface area contributed by atoms with Crippen LogP contribution in [0.3, 0.4) is 0 Å². The molecule has 5 nitrogen and oxygen atoms in total. The van der Waals surface area contributed by atoms with E-state index in [1.54, 1.807) is 6.92 Å². The molecule has 0 aromatic heterocycles. The number of benzene rings is 2. The second kappa shape index (κ2) is 8.16. The number of hydrogen-bond acceptors (Lipinski definition) is 5. The molecule has 0 unspecified atom stereocenters. The minimum atomic E-state index is -1.06. The van der Waals surface area contributed by atoms with Crippen LogP contribution in [0.2, 0.25) is 0 Å². The standard InChI is InChI=1S/C22H23NO4/c1-3-27-21(25)22(14-18(15-22)20(24)26-2)23-19(16-10-6-4-7-11-16)17-12-8-5-9-13-17/h4-13,18H,3,14-15H2,1-2H3. The van der Waals surface area contributed by atoms with Gasteiger partial charge in [0.05, 0.1) is 25.3 Å². The quantitative estimate of drug-likeness (QED) is 0.581. The maximum absolute atomic E-state index is 12.7. The minimum Gasteiger partial charge on any atom is -0.469 e. The van der Waals surface area contributed by atoms with Crippen LogP contribution >= 0.6 is 0 Å². The molecule has 0 saturated heterocycles. The summed E-state index contributed by atoms with van der Waals surface area (Å²) in [6, 6.07) is 19.4. The normalized spacial score (nSPS) is 20.9. The number of carbonyl (C=O) groups excluding carboxylic acids is 2. The summed E-state index contributed by atoms with van der Waals surface area (Å²) in [4.78, 5) is 29.5. The number of rotatable bonds is 6. The molecule has 0 bridgehead atoms. The first kappa shape index (κ1) is 18.8. The molecule has 3 rings (SSSR count). The summed E-state index contributed by atoms with van der Waals surface area (Å²) < 4.78 is 10.1. The fourth-order valence-corrected chi connectivity index (χ4v) is 3.36. The smallest absolute Gasteiger partial charge is 0.334 e. The van der Waals surface area contributed by atoms with Crippen LogP contribution in [0.25, 0.3) is 0 Å². The maximum Gasteiger partial charge on any atom is 0.334 e. The van der Waals surface area contributed by atoms with Gasteiger partial charge in [-0.25, -0.2) is 4.79 Å². The van der Waals surface area contributed by atoms with E-state index < -0.39 is 11.5 Å². The van der Waals surface area contributed by atoms with E-state index in [4.69, 9.17) is 14.5 Å². The highest BCUT2D eigenvalue weighted by Gasteiger charge is 2.55. The molecular formula is C22H23NO4. The maximum atomic E-state index is 12.7. The van der Waals surface area contributed by atoms with Crippen LogP contribution in [0.1, 0.15) is 30.9 Å². The fraction of sp³-hybridized carbons (Fsp3) is 0.318. The Morgan fingerprint density at radius 2 is 1.52 bits per heavy atom. The van der Waals surface area contributed by atoms with Gasteiger partial charge < -0.3 is 9.47 Å². The van der Waals surface area contributed by atoms with Gasteiger partial charge in [0.25, 0.3) is 0 Å². The Labute approximate surface area is 159 Å². The highest BCUT2D eigenvalue weighted by molar-refractivity contribution is 6.14. The number of methoxy groups -OCH3 is 1. The predicted molar refractivity (Wildman–Crippen MR) is 103 cm³/mol. The second-order valence-electron chi connectivity index (χ2n) is 6.57. The SMILES string of the molecule is CCOC(=O)C1(N=C(c2ccccc2)c2ccccc2)CC(C(=O)OC)C1. The number of hydrogen-bond donors (Lipinski definition) is 0. The third-order valence-corrected chi connectivity index (χ3v) is 4.78. The van der Waals surface area contributed by atoms with Gasteiger partial charge in [0.15, 0.2) is 5.54 Å². The Kier molecular flexibility index (Phi) is 5.69. The summed E-state index contributed by atoms with van der Waals surface area (Å²) in [6.07, 6.45) is 0.587. The van der Waals surface area contributed by atoms with E-state index in [0.29, 0.717) is 18.6 Å². The van der Waals surface area contributed by atoms with Gasteiger partial charge in [0.1, 0.15) is 0 Å². The van der Waals surface area contributed by atoms with E-state index >= 15 is 0 Å². The second-order valence-corrected chi connectivity index (χ2v) is 6.57. The van der Waals surface area contributed by atoms with E-state index in [0.717, 1.165) is 11.1 Å². The van der Waals surface area contributed by atoms with Crippen molar-refractivity contribution in [2.24, 2.45) is 10.9 Å². The molecule has 0 N–H and O–H groups in total. The van der Waals surface area contributed by atoms with Crippen molar-refractivity contribution in [2.75, 3.05) is 13.7 Å². The first-order chi connectivity index (χ1) is 13.1. The van der Waals surface area contributed by atoms with Gasteiger partial charge in [-0.15, -0.1) is 0 Å². The Morgan fingerprint density at radius 1 is 1.00 bits per heavy atom. The number of aliphatic imine (C=N–C) groups is 1. The molecule has 0 aliphatic heterocycles. The van der Waals surface area contributed by atoms with Crippen molar-refractivity contribution < 1.29 is 19.1 Å². The van der Waals surface area contributed by atoms with Crippen molar-refractivity contribution in [1.82, 2.24) is 0 Å². The lowest BCUT2D eigenvalue weighted by Crippen LogP contribution is -2.53. The van der Waals surface area contributed by atoms with Crippen molar-refractivity contribution >= 4 is 17.7 Å². The molecule has 0 radical (unpaired) electrons. The van der Waals surface area contributed by atoms with Gasteiger partial charge in [0, 0.05) is 11.1 Å². The third-order valence-electron chi connectivity index (χ3n) is 4.78. The van der Waals surface area contributed by atoms with Crippen molar-refractivity contribution in [3.8, 4) is 0 Å². The highest BCUT2D eigenvalue weighted by atomic mass is 16.5. The van der Waals surface area contributed by atoms with Gasteiger partial charge in [0.2, 0.25) is 0 Å². The van der Waals surface area contributed by atoms with E-state index in [9.17, 15) is 9.59 Å². The summed E-state index contributed by atoms with van der Waals surface area (Å²) >= 11 is 0. The number of ether oxygens (including phenoxy) is 2. The zero-order valence-electron chi connectivity index (χ0n) is 15.6. The first-order valence-corrected chi connectivity index (χ1v) is 9.05. The lowest BCUT2D eigenvalue weighted by molar-refractivity contribution is -0.162. The number of carbonyl (C=O) groups is 2. The van der Waals surface area contributed by atoms with Crippen LogP contribution < -0.4 is 0 Å². The van der Waals surface area contributed by atoms with Crippen LogP contribution in [0.15, 0.2) is 65.7 Å². The molecule has 27 heavy (non-hydrogen) atoms.